The minimum atomic E-state index is -0.241. The summed E-state index contributed by atoms with van der Waals surface area (Å²) < 4.78 is 4.83. The molecule has 1 saturated heterocycles. The van der Waals surface area contributed by atoms with Crippen molar-refractivity contribution in [2.75, 3.05) is 30.9 Å². The number of urea groups is 1. The van der Waals surface area contributed by atoms with Gasteiger partial charge in [0, 0.05) is 31.2 Å². The van der Waals surface area contributed by atoms with E-state index in [9.17, 15) is 9.59 Å². The van der Waals surface area contributed by atoms with Crippen LogP contribution in [0.2, 0.25) is 0 Å². The first kappa shape index (κ1) is 19.8. The highest BCUT2D eigenvalue weighted by Gasteiger charge is 2.29. The Hall–Kier alpha value is -2.93. The molecule has 0 aliphatic carbocycles. The largest absolute Gasteiger partial charge is 0.375 e. The maximum Gasteiger partial charge on any atom is 0.322 e. The molecule has 1 aromatic heterocycles. The van der Waals surface area contributed by atoms with Crippen molar-refractivity contribution in [1.82, 2.24) is 9.88 Å². The van der Waals surface area contributed by atoms with Crippen LogP contribution in [0.4, 0.5) is 16.2 Å². The highest BCUT2D eigenvalue weighted by Crippen LogP contribution is 2.30. The van der Waals surface area contributed by atoms with Crippen LogP contribution in [0.3, 0.4) is 0 Å². The van der Waals surface area contributed by atoms with E-state index in [-0.39, 0.29) is 24.6 Å². The number of amides is 3. The zero-order valence-electron chi connectivity index (χ0n) is 16.3. The molecule has 1 unspecified atom stereocenters. The molecule has 0 bridgehead atoms. The van der Waals surface area contributed by atoms with Gasteiger partial charge in [-0.3, -0.25) is 9.78 Å². The third kappa shape index (κ3) is 4.86. The van der Waals surface area contributed by atoms with Crippen LogP contribution in [0.1, 0.15) is 36.6 Å². The van der Waals surface area contributed by atoms with Crippen molar-refractivity contribution in [3.8, 4) is 0 Å². The van der Waals surface area contributed by atoms with Crippen LogP contribution in [-0.2, 0) is 9.53 Å². The van der Waals surface area contributed by atoms with E-state index in [1.54, 1.807) is 18.3 Å². The van der Waals surface area contributed by atoms with Crippen molar-refractivity contribution in [2.45, 2.75) is 32.2 Å². The standard InChI is InChI=1S/C21H26N4O3/c1-15-9-10-16(23-20(26)14-28-2)13-18(15)24-21(27)25-12-6-4-8-19(25)17-7-3-5-11-22-17/h3,5,7,9-11,13,19H,4,6,8,12,14H2,1-2H3,(H,23,26)(H,24,27). The Balaban J connectivity index is 1.75. The van der Waals surface area contributed by atoms with E-state index in [4.69, 9.17) is 4.74 Å². The average Bonchev–Trinajstić information content (AvgIpc) is 2.71. The topological polar surface area (TPSA) is 83.6 Å². The summed E-state index contributed by atoms with van der Waals surface area (Å²) in [5, 5.41) is 5.76. The maximum atomic E-state index is 13.0. The van der Waals surface area contributed by atoms with Crippen LogP contribution >= 0.6 is 0 Å². The fourth-order valence-corrected chi connectivity index (χ4v) is 3.40. The second-order valence-electron chi connectivity index (χ2n) is 6.90. The van der Waals surface area contributed by atoms with Gasteiger partial charge in [0.25, 0.3) is 0 Å². The summed E-state index contributed by atoms with van der Waals surface area (Å²) in [6.07, 6.45) is 4.71. The molecule has 0 saturated carbocycles. The first-order valence-electron chi connectivity index (χ1n) is 9.46. The molecule has 148 valence electrons. The summed E-state index contributed by atoms with van der Waals surface area (Å²) in [4.78, 5) is 31.1. The van der Waals surface area contributed by atoms with Gasteiger partial charge in [-0.1, -0.05) is 12.1 Å². The van der Waals surface area contributed by atoms with Crippen LogP contribution < -0.4 is 10.6 Å². The van der Waals surface area contributed by atoms with Crippen molar-refractivity contribution in [3.05, 3.63) is 53.9 Å². The Kier molecular flexibility index (Phi) is 6.60. The van der Waals surface area contributed by atoms with Crippen LogP contribution in [0.5, 0.6) is 0 Å². The molecule has 1 atom stereocenters. The number of anilines is 2. The molecule has 7 nitrogen and oxygen atoms in total. The number of hydrogen-bond acceptors (Lipinski definition) is 4. The van der Waals surface area contributed by atoms with Crippen molar-refractivity contribution >= 4 is 23.3 Å². The number of nitrogens with zero attached hydrogens (tertiary/aromatic N) is 2. The molecule has 2 aromatic rings. The van der Waals surface area contributed by atoms with Gasteiger partial charge in [0.1, 0.15) is 6.61 Å². The number of ether oxygens (including phenoxy) is 1. The van der Waals surface area contributed by atoms with E-state index in [1.807, 2.05) is 36.1 Å². The number of aryl methyl sites for hydroxylation is 1. The molecule has 2 heterocycles. The van der Waals surface area contributed by atoms with Crippen molar-refractivity contribution in [1.29, 1.82) is 0 Å². The quantitative estimate of drug-likeness (QED) is 0.825. The van der Waals surface area contributed by atoms with Gasteiger partial charge in [-0.25, -0.2) is 4.79 Å². The molecule has 0 spiro atoms. The third-order valence-electron chi connectivity index (χ3n) is 4.83. The average molecular weight is 382 g/mol. The lowest BCUT2D eigenvalue weighted by Crippen LogP contribution is -2.41. The fraction of sp³-hybridized carbons (Fsp3) is 0.381. The van der Waals surface area contributed by atoms with Crippen LogP contribution in [0, 0.1) is 6.92 Å². The van der Waals surface area contributed by atoms with E-state index < -0.39 is 0 Å². The Morgan fingerprint density at radius 2 is 2.07 bits per heavy atom. The summed E-state index contributed by atoms with van der Waals surface area (Å²) in [6, 6.07) is 11.0. The van der Waals surface area contributed by atoms with Crippen molar-refractivity contribution < 1.29 is 14.3 Å². The Morgan fingerprint density at radius 3 is 2.82 bits per heavy atom. The smallest absolute Gasteiger partial charge is 0.322 e. The molecule has 28 heavy (non-hydrogen) atoms. The van der Waals surface area contributed by atoms with Gasteiger partial charge in [0.2, 0.25) is 5.91 Å². The monoisotopic (exact) mass is 382 g/mol. The Morgan fingerprint density at radius 1 is 1.21 bits per heavy atom. The second-order valence-corrected chi connectivity index (χ2v) is 6.90. The molecule has 2 N–H and O–H groups in total. The van der Waals surface area contributed by atoms with Gasteiger partial charge in [0.05, 0.1) is 11.7 Å². The number of rotatable bonds is 5. The number of nitrogens with one attached hydrogen (secondary N) is 2. The van der Waals surface area contributed by atoms with E-state index in [0.717, 1.165) is 30.5 Å². The normalized spacial score (nSPS) is 16.5. The van der Waals surface area contributed by atoms with Crippen molar-refractivity contribution in [2.24, 2.45) is 0 Å². The molecule has 3 amide bonds. The SMILES string of the molecule is COCC(=O)Nc1ccc(C)c(NC(=O)N2CCCCC2c2ccccn2)c1. The van der Waals surface area contributed by atoms with Crippen LogP contribution in [0.15, 0.2) is 42.6 Å². The maximum absolute atomic E-state index is 13.0. The zero-order chi connectivity index (χ0) is 19.9. The lowest BCUT2D eigenvalue weighted by Gasteiger charge is -2.35. The molecule has 3 rings (SSSR count). The van der Waals surface area contributed by atoms with Crippen LogP contribution in [-0.4, -0.2) is 42.1 Å². The summed E-state index contributed by atoms with van der Waals surface area (Å²) in [6.45, 7) is 2.59. The summed E-state index contributed by atoms with van der Waals surface area (Å²) >= 11 is 0. The Labute approximate surface area is 165 Å². The number of methoxy groups -OCH3 is 1. The second kappa shape index (κ2) is 9.32. The van der Waals surface area contributed by atoms with Gasteiger partial charge in [-0.15, -0.1) is 0 Å². The number of aromatic nitrogens is 1. The van der Waals surface area contributed by atoms with Crippen molar-refractivity contribution in [3.63, 3.8) is 0 Å². The van der Waals surface area contributed by atoms with Gasteiger partial charge >= 0.3 is 6.03 Å². The number of pyridine rings is 1. The fourth-order valence-electron chi connectivity index (χ4n) is 3.40. The zero-order valence-corrected chi connectivity index (χ0v) is 16.3. The first-order valence-corrected chi connectivity index (χ1v) is 9.46. The number of likely N-dealkylation sites (tertiary alicyclic amines) is 1. The summed E-state index contributed by atoms with van der Waals surface area (Å²) in [5.41, 5.74) is 3.12. The minimum absolute atomic E-state index is 0.0187. The molecule has 1 aliphatic heterocycles. The third-order valence-corrected chi connectivity index (χ3v) is 4.83. The lowest BCUT2D eigenvalue weighted by molar-refractivity contribution is -0.119. The molecule has 1 fully saturated rings. The minimum Gasteiger partial charge on any atom is -0.375 e. The number of benzene rings is 1. The highest BCUT2D eigenvalue weighted by atomic mass is 16.5. The van der Waals surface area contributed by atoms with Gasteiger partial charge in [-0.2, -0.15) is 0 Å². The summed E-state index contributed by atoms with van der Waals surface area (Å²) in [5.74, 6) is -0.241. The van der Waals surface area contributed by atoms with E-state index in [0.29, 0.717) is 17.9 Å². The van der Waals surface area contributed by atoms with Gasteiger partial charge in [-0.05, 0) is 56.0 Å². The molecule has 1 aromatic carbocycles. The van der Waals surface area contributed by atoms with Gasteiger partial charge in [0.15, 0.2) is 0 Å². The molecular formula is C21H26N4O3. The van der Waals surface area contributed by atoms with Crippen LogP contribution in [0.25, 0.3) is 0 Å². The first-order chi connectivity index (χ1) is 13.6. The molecule has 0 radical (unpaired) electrons. The molecule has 7 heteroatoms. The molecular weight excluding hydrogens is 356 g/mol. The number of hydrogen-bond donors (Lipinski definition) is 2. The van der Waals surface area contributed by atoms with E-state index >= 15 is 0 Å². The Bertz CT molecular complexity index is 826. The number of piperidine rings is 1. The number of carbonyl (C=O) groups is 2. The van der Waals surface area contributed by atoms with E-state index in [1.165, 1.54) is 7.11 Å². The predicted molar refractivity (Wildman–Crippen MR) is 108 cm³/mol. The highest BCUT2D eigenvalue weighted by molar-refractivity contribution is 5.94. The van der Waals surface area contributed by atoms with E-state index in [2.05, 4.69) is 15.6 Å². The summed E-state index contributed by atoms with van der Waals surface area (Å²) in [7, 11) is 1.47. The van der Waals surface area contributed by atoms with Gasteiger partial charge < -0.3 is 20.3 Å². The lowest BCUT2D eigenvalue weighted by atomic mass is 9.99. The molecule has 1 aliphatic rings. The number of carbonyl (C=O) groups excluding carboxylic acids is 2. The predicted octanol–water partition coefficient (Wildman–Crippen LogP) is 3.73.